The van der Waals surface area contributed by atoms with E-state index in [0.717, 1.165) is 33.5 Å². The molecule has 12 heteroatoms. The van der Waals surface area contributed by atoms with Crippen molar-refractivity contribution >= 4 is 40.6 Å². The zero-order valence-corrected chi connectivity index (χ0v) is 26.1. The molecule has 2 aromatic carbocycles. The van der Waals surface area contributed by atoms with Crippen molar-refractivity contribution in [2.24, 2.45) is 20.0 Å². The standard InChI is InChI=1S/C32H32Cl2N6O4/c1-4-24-27(15-35-14-18-11-12-19(41)13-18)36-16-26(37-24)22-9-5-7-20(28(22)33)21-8-6-10-25(29(21)34)38-30(42)23-17-39(2)32(44)40(3)31(23)43/h5-10,16-18,35H,4,11-15H2,1-3H3,(H,38,42)/t18-/m1/s1. The Labute approximate surface area is 264 Å². The van der Waals surface area contributed by atoms with Crippen molar-refractivity contribution in [3.05, 3.63) is 96.6 Å². The number of Topliss-reactive ketones (excluding diaryl/α,β-unsaturated/α-hetero) is 1. The third-order valence-electron chi connectivity index (χ3n) is 7.84. The number of benzene rings is 2. The fourth-order valence-corrected chi connectivity index (χ4v) is 6.00. The molecule has 1 fully saturated rings. The highest BCUT2D eigenvalue weighted by atomic mass is 35.5. The fraction of sp³-hybridized carbons (Fsp3) is 0.312. The number of hydrogen-bond donors (Lipinski definition) is 2. The summed E-state index contributed by atoms with van der Waals surface area (Å²) < 4.78 is 2.03. The van der Waals surface area contributed by atoms with Crippen LogP contribution >= 0.6 is 23.2 Å². The number of aryl methyl sites for hydroxylation is 2. The molecule has 1 atom stereocenters. The maximum absolute atomic E-state index is 13.0. The fourth-order valence-electron chi connectivity index (χ4n) is 5.40. The van der Waals surface area contributed by atoms with Gasteiger partial charge in [0.05, 0.1) is 39.0 Å². The lowest BCUT2D eigenvalue weighted by molar-refractivity contribution is -0.117. The minimum atomic E-state index is -0.715. The Kier molecular flexibility index (Phi) is 9.43. The first-order valence-corrected chi connectivity index (χ1v) is 15.1. The molecule has 0 unspecified atom stereocenters. The summed E-state index contributed by atoms with van der Waals surface area (Å²) in [4.78, 5) is 58.8. The number of nitrogens with zero attached hydrogens (tertiary/aromatic N) is 4. The quantitative estimate of drug-likeness (QED) is 0.271. The summed E-state index contributed by atoms with van der Waals surface area (Å²) in [6.07, 6.45) is 5.82. The van der Waals surface area contributed by atoms with E-state index < -0.39 is 17.2 Å². The highest BCUT2D eigenvalue weighted by Gasteiger charge is 2.22. The first-order chi connectivity index (χ1) is 21.1. The molecule has 0 spiro atoms. The predicted molar refractivity (Wildman–Crippen MR) is 171 cm³/mol. The van der Waals surface area contributed by atoms with Gasteiger partial charge in [0.1, 0.15) is 11.3 Å². The van der Waals surface area contributed by atoms with Crippen LogP contribution in [0.25, 0.3) is 22.4 Å². The van der Waals surface area contributed by atoms with Gasteiger partial charge in [-0.3, -0.25) is 23.9 Å². The molecule has 2 heterocycles. The second kappa shape index (κ2) is 13.3. The van der Waals surface area contributed by atoms with Crippen molar-refractivity contribution in [2.75, 3.05) is 11.9 Å². The van der Waals surface area contributed by atoms with Gasteiger partial charge in [0, 0.05) is 56.4 Å². The van der Waals surface area contributed by atoms with E-state index in [1.165, 1.54) is 20.3 Å². The molecule has 0 bridgehead atoms. The second-order valence-electron chi connectivity index (χ2n) is 10.9. The lowest BCUT2D eigenvalue weighted by atomic mass is 10.0. The molecular weight excluding hydrogens is 603 g/mol. The van der Waals surface area contributed by atoms with Crippen LogP contribution in [0.2, 0.25) is 10.0 Å². The van der Waals surface area contributed by atoms with Crippen LogP contribution in [0.1, 0.15) is 47.9 Å². The highest BCUT2D eigenvalue weighted by molar-refractivity contribution is 6.39. The van der Waals surface area contributed by atoms with E-state index >= 15 is 0 Å². The first-order valence-electron chi connectivity index (χ1n) is 14.3. The van der Waals surface area contributed by atoms with Gasteiger partial charge in [-0.05, 0) is 31.4 Å². The van der Waals surface area contributed by atoms with Gasteiger partial charge in [0.15, 0.2) is 0 Å². The number of carbonyl (C=O) groups is 2. The number of aromatic nitrogens is 4. The third kappa shape index (κ3) is 6.38. The van der Waals surface area contributed by atoms with Crippen LogP contribution in [0, 0.1) is 5.92 Å². The molecule has 1 amide bonds. The number of hydrogen-bond acceptors (Lipinski definition) is 7. The Bertz CT molecular complexity index is 1880. The number of amides is 1. The molecule has 1 aliphatic rings. The van der Waals surface area contributed by atoms with Crippen molar-refractivity contribution in [1.29, 1.82) is 0 Å². The third-order valence-corrected chi connectivity index (χ3v) is 8.66. The minimum absolute atomic E-state index is 0.200. The molecule has 0 saturated heterocycles. The maximum Gasteiger partial charge on any atom is 0.330 e. The van der Waals surface area contributed by atoms with Gasteiger partial charge in [-0.1, -0.05) is 60.5 Å². The zero-order valence-electron chi connectivity index (χ0n) is 24.6. The number of ketones is 1. The van der Waals surface area contributed by atoms with E-state index in [4.69, 9.17) is 33.2 Å². The second-order valence-corrected chi connectivity index (χ2v) is 11.6. The summed E-state index contributed by atoms with van der Waals surface area (Å²) in [5.74, 6) is 0.00940. The van der Waals surface area contributed by atoms with Crippen molar-refractivity contribution in [3.63, 3.8) is 0 Å². The summed E-state index contributed by atoms with van der Waals surface area (Å²) in [7, 11) is 2.77. The summed E-state index contributed by atoms with van der Waals surface area (Å²) >= 11 is 13.7. The summed E-state index contributed by atoms with van der Waals surface area (Å²) in [6, 6.07) is 10.6. The number of halogens is 2. The van der Waals surface area contributed by atoms with Crippen LogP contribution < -0.4 is 21.9 Å². The van der Waals surface area contributed by atoms with Gasteiger partial charge in [0.2, 0.25) is 0 Å². The van der Waals surface area contributed by atoms with Gasteiger partial charge in [-0.2, -0.15) is 0 Å². The van der Waals surface area contributed by atoms with Crippen LogP contribution in [-0.4, -0.2) is 37.3 Å². The van der Waals surface area contributed by atoms with Crippen molar-refractivity contribution in [2.45, 2.75) is 39.2 Å². The van der Waals surface area contributed by atoms with Crippen LogP contribution in [0.5, 0.6) is 0 Å². The normalized spacial score (nSPS) is 14.7. The van der Waals surface area contributed by atoms with E-state index in [9.17, 15) is 19.2 Å². The van der Waals surface area contributed by atoms with E-state index in [-0.39, 0.29) is 16.3 Å². The van der Waals surface area contributed by atoms with Crippen LogP contribution in [0.15, 0.2) is 58.4 Å². The molecular formula is C32H32Cl2N6O4. The van der Waals surface area contributed by atoms with Crippen LogP contribution in [0.4, 0.5) is 5.69 Å². The van der Waals surface area contributed by atoms with Crippen molar-refractivity contribution in [3.8, 4) is 22.4 Å². The lowest BCUT2D eigenvalue weighted by Gasteiger charge is -2.15. The topological polar surface area (TPSA) is 128 Å². The molecule has 2 N–H and O–H groups in total. The van der Waals surface area contributed by atoms with Crippen molar-refractivity contribution in [1.82, 2.24) is 24.4 Å². The average molecular weight is 636 g/mol. The van der Waals surface area contributed by atoms with E-state index in [2.05, 4.69) is 10.6 Å². The number of anilines is 1. The molecule has 44 heavy (non-hydrogen) atoms. The molecule has 0 aliphatic heterocycles. The Balaban J connectivity index is 1.40. The van der Waals surface area contributed by atoms with Gasteiger partial charge in [0.25, 0.3) is 11.5 Å². The van der Waals surface area contributed by atoms with Crippen LogP contribution in [-0.2, 0) is 31.9 Å². The van der Waals surface area contributed by atoms with E-state index in [1.807, 2.05) is 25.1 Å². The molecule has 228 valence electrons. The zero-order chi connectivity index (χ0) is 31.5. The number of rotatable bonds is 9. The van der Waals surface area contributed by atoms with Gasteiger partial charge in [-0.15, -0.1) is 0 Å². The minimum Gasteiger partial charge on any atom is -0.320 e. The molecule has 2 aromatic heterocycles. The smallest absolute Gasteiger partial charge is 0.320 e. The lowest BCUT2D eigenvalue weighted by Crippen LogP contribution is -2.40. The Hall–Kier alpha value is -4.12. The number of carbonyl (C=O) groups excluding carboxylic acids is 2. The summed E-state index contributed by atoms with van der Waals surface area (Å²) in [6.45, 7) is 3.36. The van der Waals surface area contributed by atoms with Gasteiger partial charge in [-0.25, -0.2) is 9.78 Å². The molecule has 0 radical (unpaired) electrons. The molecule has 1 aliphatic carbocycles. The van der Waals surface area contributed by atoms with Crippen LogP contribution in [0.3, 0.4) is 0 Å². The van der Waals surface area contributed by atoms with E-state index in [1.54, 1.807) is 24.4 Å². The SMILES string of the molecule is CCc1nc(-c2cccc(-c3cccc(NC(=O)c4cn(C)c(=O)n(C)c4=O)c3Cl)c2Cl)cnc1CNC[C@@H]1CCC(=O)C1. The van der Waals surface area contributed by atoms with E-state index in [0.29, 0.717) is 64.9 Å². The monoisotopic (exact) mass is 634 g/mol. The van der Waals surface area contributed by atoms with Gasteiger partial charge >= 0.3 is 5.69 Å². The Morgan fingerprint density at radius 2 is 1.70 bits per heavy atom. The number of nitrogens with one attached hydrogen (secondary N) is 2. The molecule has 1 saturated carbocycles. The maximum atomic E-state index is 13.0. The largest absolute Gasteiger partial charge is 0.330 e. The summed E-state index contributed by atoms with van der Waals surface area (Å²) in [5, 5.41) is 6.76. The molecule has 10 nitrogen and oxygen atoms in total. The Morgan fingerprint density at radius 1 is 1.00 bits per heavy atom. The van der Waals surface area contributed by atoms with Crippen molar-refractivity contribution < 1.29 is 9.59 Å². The van der Waals surface area contributed by atoms with Gasteiger partial charge < -0.3 is 15.2 Å². The first kappa shape index (κ1) is 31.3. The molecule has 5 rings (SSSR count). The highest BCUT2D eigenvalue weighted by Crippen LogP contribution is 2.41. The Morgan fingerprint density at radius 3 is 2.41 bits per heavy atom. The predicted octanol–water partition coefficient (Wildman–Crippen LogP) is 4.79. The molecule has 4 aromatic rings. The average Bonchev–Trinajstić information content (AvgIpc) is 3.44. The summed E-state index contributed by atoms with van der Waals surface area (Å²) in [5.41, 5.74) is 3.01.